The number of para-hydroxylation sites is 1. The average molecular weight is 304 g/mol. The average Bonchev–Trinajstić information content (AvgIpc) is 2.99. The van der Waals surface area contributed by atoms with Crippen LogP contribution in [0.2, 0.25) is 0 Å². The number of hydrogen-bond acceptors (Lipinski definition) is 3. The molecule has 0 radical (unpaired) electrons. The first kappa shape index (κ1) is 14.1. The summed E-state index contributed by atoms with van der Waals surface area (Å²) in [5, 5.41) is 4.06. The van der Waals surface area contributed by atoms with Crippen LogP contribution in [0.3, 0.4) is 0 Å². The first-order valence-corrected chi connectivity index (χ1v) is 7.53. The van der Waals surface area contributed by atoms with E-state index in [2.05, 4.69) is 34.6 Å². The molecule has 0 spiro atoms. The normalized spacial score (nSPS) is 13.0. The smallest absolute Gasteiger partial charge is 0.139 e. The molecule has 2 heterocycles. The van der Waals surface area contributed by atoms with Crippen molar-refractivity contribution in [2.45, 2.75) is 39.6 Å². The Morgan fingerprint density at radius 3 is 2.67 bits per heavy atom. The lowest BCUT2D eigenvalue weighted by atomic mass is 10.1. The number of aromatic nitrogens is 3. The van der Waals surface area contributed by atoms with Crippen molar-refractivity contribution in [3.8, 4) is 0 Å². The number of alkyl halides is 1. The van der Waals surface area contributed by atoms with E-state index in [0.29, 0.717) is 5.88 Å². The fourth-order valence-corrected chi connectivity index (χ4v) is 3.28. The van der Waals surface area contributed by atoms with Gasteiger partial charge in [-0.1, -0.05) is 17.3 Å². The van der Waals surface area contributed by atoms with Crippen molar-refractivity contribution in [2.75, 3.05) is 0 Å². The minimum atomic E-state index is 0.0797. The number of imidazole rings is 1. The fraction of sp³-hybridized carbons (Fsp3) is 0.375. The van der Waals surface area contributed by atoms with Crippen molar-refractivity contribution in [3.05, 3.63) is 46.6 Å². The second kappa shape index (κ2) is 5.19. The van der Waals surface area contributed by atoms with Gasteiger partial charge in [0, 0.05) is 5.56 Å². The molecule has 0 saturated heterocycles. The van der Waals surface area contributed by atoms with Crippen LogP contribution in [0.15, 0.2) is 22.7 Å². The number of fused-ring (bicyclic) bond motifs is 1. The van der Waals surface area contributed by atoms with Gasteiger partial charge in [-0.15, -0.1) is 11.6 Å². The number of nitrogens with zero attached hydrogens (tertiary/aromatic N) is 3. The van der Waals surface area contributed by atoms with E-state index in [9.17, 15) is 0 Å². The van der Waals surface area contributed by atoms with Crippen molar-refractivity contribution >= 4 is 22.6 Å². The Balaban J connectivity index is 2.28. The molecular weight excluding hydrogens is 286 g/mol. The van der Waals surface area contributed by atoms with Gasteiger partial charge in [-0.3, -0.25) is 0 Å². The van der Waals surface area contributed by atoms with Gasteiger partial charge < -0.3 is 9.09 Å². The van der Waals surface area contributed by atoms with E-state index in [1.165, 1.54) is 5.56 Å². The summed E-state index contributed by atoms with van der Waals surface area (Å²) in [6, 6.07) is 6.22. The predicted octanol–water partition coefficient (Wildman–Crippen LogP) is 4.30. The summed E-state index contributed by atoms with van der Waals surface area (Å²) in [7, 11) is 0. The van der Waals surface area contributed by atoms with E-state index in [0.717, 1.165) is 33.9 Å². The molecule has 0 N–H and O–H groups in total. The summed E-state index contributed by atoms with van der Waals surface area (Å²) < 4.78 is 7.51. The third-order valence-electron chi connectivity index (χ3n) is 4.00. The molecule has 0 aliphatic heterocycles. The molecule has 0 aliphatic carbocycles. The van der Waals surface area contributed by atoms with Crippen molar-refractivity contribution in [3.63, 3.8) is 0 Å². The molecule has 4 nitrogen and oxygen atoms in total. The van der Waals surface area contributed by atoms with E-state index in [1.807, 2.05) is 26.0 Å². The summed E-state index contributed by atoms with van der Waals surface area (Å²) in [5.74, 6) is 2.09. The largest absolute Gasteiger partial charge is 0.361 e. The third-order valence-corrected chi connectivity index (χ3v) is 4.24. The molecule has 1 atom stereocenters. The number of halogens is 1. The zero-order valence-corrected chi connectivity index (χ0v) is 13.4. The molecule has 1 aromatic carbocycles. The highest BCUT2D eigenvalue weighted by Gasteiger charge is 2.23. The molecule has 0 fully saturated rings. The molecule has 3 rings (SSSR count). The minimum Gasteiger partial charge on any atom is -0.361 e. The Labute approximate surface area is 128 Å². The Hall–Kier alpha value is -1.81. The van der Waals surface area contributed by atoms with Crippen molar-refractivity contribution in [1.29, 1.82) is 0 Å². The lowest BCUT2D eigenvalue weighted by molar-refractivity contribution is 0.391. The summed E-state index contributed by atoms with van der Waals surface area (Å²) in [5.41, 5.74) is 5.31. The van der Waals surface area contributed by atoms with Gasteiger partial charge in [-0.2, -0.15) is 0 Å². The molecule has 1 unspecified atom stereocenters. The summed E-state index contributed by atoms with van der Waals surface area (Å²) >= 11 is 6.12. The van der Waals surface area contributed by atoms with Crippen LogP contribution in [-0.4, -0.2) is 14.7 Å². The van der Waals surface area contributed by atoms with Crippen LogP contribution in [0, 0.1) is 20.8 Å². The molecule has 0 amide bonds. The van der Waals surface area contributed by atoms with Crippen LogP contribution < -0.4 is 0 Å². The van der Waals surface area contributed by atoms with Gasteiger partial charge in [0.2, 0.25) is 0 Å². The van der Waals surface area contributed by atoms with E-state index < -0.39 is 0 Å². The lowest BCUT2D eigenvalue weighted by Crippen LogP contribution is -2.12. The molecule has 0 aliphatic rings. The van der Waals surface area contributed by atoms with Crippen LogP contribution >= 0.6 is 11.6 Å². The Morgan fingerprint density at radius 1 is 1.29 bits per heavy atom. The van der Waals surface area contributed by atoms with Crippen molar-refractivity contribution in [2.24, 2.45) is 0 Å². The molecule has 0 saturated carbocycles. The third kappa shape index (κ3) is 2.14. The summed E-state index contributed by atoms with van der Waals surface area (Å²) in [6.45, 7) is 8.14. The Bertz CT molecular complexity index is 784. The maximum atomic E-state index is 6.12. The quantitative estimate of drug-likeness (QED) is 0.678. The number of aryl methyl sites for hydroxylation is 3. The van der Waals surface area contributed by atoms with Gasteiger partial charge in [0.25, 0.3) is 0 Å². The second-order valence-electron chi connectivity index (χ2n) is 5.39. The maximum Gasteiger partial charge on any atom is 0.139 e. The van der Waals surface area contributed by atoms with Gasteiger partial charge >= 0.3 is 0 Å². The molecule has 2 aromatic heterocycles. The molecule has 0 bridgehead atoms. The van der Waals surface area contributed by atoms with E-state index in [1.54, 1.807) is 0 Å². The topological polar surface area (TPSA) is 43.9 Å². The van der Waals surface area contributed by atoms with Crippen LogP contribution in [0.25, 0.3) is 11.0 Å². The zero-order valence-electron chi connectivity index (χ0n) is 12.6. The molecule has 5 heteroatoms. The molecular formula is C16H18ClN3O. The van der Waals surface area contributed by atoms with E-state index in [-0.39, 0.29) is 6.04 Å². The summed E-state index contributed by atoms with van der Waals surface area (Å²) in [4.78, 5) is 4.66. The first-order chi connectivity index (χ1) is 10.0. The fourth-order valence-electron chi connectivity index (χ4n) is 3.10. The lowest BCUT2D eigenvalue weighted by Gasteiger charge is -2.18. The zero-order chi connectivity index (χ0) is 15.1. The van der Waals surface area contributed by atoms with Gasteiger partial charge in [0.1, 0.15) is 11.6 Å². The van der Waals surface area contributed by atoms with Gasteiger partial charge in [-0.05, 0) is 39.3 Å². The molecule has 21 heavy (non-hydrogen) atoms. The van der Waals surface area contributed by atoms with Gasteiger partial charge in [0.05, 0.1) is 28.6 Å². The SMILES string of the molecule is Cc1noc(C)c1C(C)n1c(CCl)nc2cccc(C)c21. The van der Waals surface area contributed by atoms with Crippen molar-refractivity contribution < 1.29 is 4.52 Å². The highest BCUT2D eigenvalue weighted by molar-refractivity contribution is 6.16. The predicted molar refractivity (Wildman–Crippen MR) is 83.8 cm³/mol. The Kier molecular flexibility index (Phi) is 3.49. The van der Waals surface area contributed by atoms with Crippen LogP contribution in [-0.2, 0) is 5.88 Å². The highest BCUT2D eigenvalue weighted by atomic mass is 35.5. The second-order valence-corrected chi connectivity index (χ2v) is 5.66. The van der Waals surface area contributed by atoms with Crippen molar-refractivity contribution in [1.82, 2.24) is 14.7 Å². The van der Waals surface area contributed by atoms with E-state index >= 15 is 0 Å². The minimum absolute atomic E-state index is 0.0797. The maximum absolute atomic E-state index is 6.12. The monoisotopic (exact) mass is 303 g/mol. The van der Waals surface area contributed by atoms with Gasteiger partial charge in [-0.25, -0.2) is 4.98 Å². The number of benzene rings is 1. The Morgan fingerprint density at radius 2 is 2.05 bits per heavy atom. The molecule has 3 aromatic rings. The van der Waals surface area contributed by atoms with Crippen LogP contribution in [0.1, 0.15) is 41.4 Å². The standard InChI is InChI=1S/C16H18ClN3O/c1-9-6-5-7-13-16(9)20(14(8-17)18-13)11(3)15-10(2)19-21-12(15)4/h5-7,11H,8H2,1-4H3. The van der Waals surface area contributed by atoms with Gasteiger partial charge in [0.15, 0.2) is 0 Å². The van der Waals surface area contributed by atoms with Crippen LogP contribution in [0.4, 0.5) is 0 Å². The number of hydrogen-bond donors (Lipinski definition) is 0. The molecule has 110 valence electrons. The summed E-state index contributed by atoms with van der Waals surface area (Å²) in [6.07, 6.45) is 0. The highest BCUT2D eigenvalue weighted by Crippen LogP contribution is 2.31. The van der Waals surface area contributed by atoms with Crippen LogP contribution in [0.5, 0.6) is 0 Å². The van der Waals surface area contributed by atoms with E-state index in [4.69, 9.17) is 16.1 Å². The number of rotatable bonds is 3. The first-order valence-electron chi connectivity index (χ1n) is 6.99.